The van der Waals surface area contributed by atoms with Crippen molar-refractivity contribution in [2.45, 2.75) is 38.1 Å². The number of benzene rings is 1. The van der Waals surface area contributed by atoms with Crippen molar-refractivity contribution < 1.29 is 4.79 Å². The fraction of sp³-hybridized carbons (Fsp3) is 0.632. The van der Waals surface area contributed by atoms with Gasteiger partial charge in [-0.05, 0) is 36.7 Å². The Kier molecular flexibility index (Phi) is 3.91. The third kappa shape index (κ3) is 2.79. The summed E-state index contributed by atoms with van der Waals surface area (Å²) in [5.41, 5.74) is 1.13. The van der Waals surface area contributed by atoms with Crippen LogP contribution < -0.4 is 0 Å². The Hall–Kier alpha value is -1.35. The zero-order valence-electron chi connectivity index (χ0n) is 13.3. The highest BCUT2D eigenvalue weighted by atomic mass is 16.2. The first-order valence-corrected chi connectivity index (χ1v) is 8.85. The lowest BCUT2D eigenvalue weighted by Gasteiger charge is -2.41. The second-order valence-electron chi connectivity index (χ2n) is 7.32. The van der Waals surface area contributed by atoms with Crippen LogP contribution in [-0.2, 0) is 11.2 Å². The molecule has 3 atom stereocenters. The molecule has 118 valence electrons. The van der Waals surface area contributed by atoms with Gasteiger partial charge < -0.3 is 4.90 Å². The summed E-state index contributed by atoms with van der Waals surface area (Å²) in [4.78, 5) is 17.2. The van der Waals surface area contributed by atoms with E-state index in [1.807, 2.05) is 30.3 Å². The molecule has 1 aromatic carbocycles. The molecule has 22 heavy (non-hydrogen) atoms. The Morgan fingerprint density at radius 3 is 2.41 bits per heavy atom. The summed E-state index contributed by atoms with van der Waals surface area (Å²) in [6, 6.07) is 10.9. The van der Waals surface area contributed by atoms with Gasteiger partial charge in [0, 0.05) is 32.2 Å². The zero-order chi connectivity index (χ0) is 14.9. The minimum atomic E-state index is 0.291. The SMILES string of the molecule is O=C(Cc1ccccc1)N1CCN([C@@H]2C[C@@H]3CC[C@@H]2C3)CC1. The first kappa shape index (κ1) is 14.3. The van der Waals surface area contributed by atoms with Crippen molar-refractivity contribution in [1.29, 1.82) is 0 Å². The van der Waals surface area contributed by atoms with E-state index >= 15 is 0 Å². The van der Waals surface area contributed by atoms with Crippen molar-refractivity contribution in [2.24, 2.45) is 11.8 Å². The highest BCUT2D eigenvalue weighted by molar-refractivity contribution is 5.78. The maximum Gasteiger partial charge on any atom is 0.227 e. The molecule has 3 heteroatoms. The van der Waals surface area contributed by atoms with Gasteiger partial charge in [0.25, 0.3) is 0 Å². The lowest BCUT2D eigenvalue weighted by atomic mass is 9.93. The minimum absolute atomic E-state index is 0.291. The lowest BCUT2D eigenvalue weighted by molar-refractivity contribution is -0.132. The van der Waals surface area contributed by atoms with Crippen LogP contribution in [0, 0.1) is 11.8 Å². The number of amides is 1. The Morgan fingerprint density at radius 1 is 1.00 bits per heavy atom. The van der Waals surface area contributed by atoms with Crippen molar-refractivity contribution in [1.82, 2.24) is 9.80 Å². The maximum atomic E-state index is 12.4. The molecule has 0 unspecified atom stereocenters. The summed E-state index contributed by atoms with van der Waals surface area (Å²) in [5.74, 6) is 2.25. The number of rotatable bonds is 3. The number of nitrogens with zero attached hydrogens (tertiary/aromatic N) is 2. The molecular formula is C19H26N2O. The smallest absolute Gasteiger partial charge is 0.227 e. The van der Waals surface area contributed by atoms with Crippen LogP contribution in [0.5, 0.6) is 0 Å². The zero-order valence-corrected chi connectivity index (χ0v) is 13.3. The summed E-state index contributed by atoms with van der Waals surface area (Å²) >= 11 is 0. The molecule has 3 fully saturated rings. The molecule has 1 aliphatic heterocycles. The maximum absolute atomic E-state index is 12.4. The van der Waals surface area contributed by atoms with Crippen LogP contribution in [0.15, 0.2) is 30.3 Å². The lowest BCUT2D eigenvalue weighted by Crippen LogP contribution is -2.53. The van der Waals surface area contributed by atoms with E-state index in [1.165, 1.54) is 25.7 Å². The van der Waals surface area contributed by atoms with Gasteiger partial charge in [-0.3, -0.25) is 9.69 Å². The molecule has 0 aromatic heterocycles. The normalized spacial score (nSPS) is 31.6. The van der Waals surface area contributed by atoms with E-state index in [4.69, 9.17) is 0 Å². The Labute approximate surface area is 133 Å². The average molecular weight is 298 g/mol. The number of hydrogen-bond donors (Lipinski definition) is 0. The van der Waals surface area contributed by atoms with Crippen LogP contribution in [0.2, 0.25) is 0 Å². The third-order valence-electron chi connectivity index (χ3n) is 6.03. The van der Waals surface area contributed by atoms with Gasteiger partial charge in [0.15, 0.2) is 0 Å². The van der Waals surface area contributed by atoms with Gasteiger partial charge in [0.05, 0.1) is 6.42 Å². The minimum Gasteiger partial charge on any atom is -0.340 e. The van der Waals surface area contributed by atoms with E-state index < -0.39 is 0 Å². The quantitative estimate of drug-likeness (QED) is 0.856. The van der Waals surface area contributed by atoms with Crippen molar-refractivity contribution in [3.8, 4) is 0 Å². The van der Waals surface area contributed by atoms with E-state index in [0.717, 1.165) is 49.6 Å². The Balaban J connectivity index is 1.29. The number of fused-ring (bicyclic) bond motifs is 2. The molecule has 1 saturated heterocycles. The van der Waals surface area contributed by atoms with Gasteiger partial charge >= 0.3 is 0 Å². The van der Waals surface area contributed by atoms with Gasteiger partial charge in [0.1, 0.15) is 0 Å². The fourth-order valence-corrected chi connectivity index (χ4v) is 4.84. The highest BCUT2D eigenvalue weighted by Crippen LogP contribution is 2.46. The summed E-state index contributed by atoms with van der Waals surface area (Å²) in [7, 11) is 0. The van der Waals surface area contributed by atoms with Crippen molar-refractivity contribution >= 4 is 5.91 Å². The number of carbonyl (C=O) groups is 1. The predicted octanol–water partition coefficient (Wildman–Crippen LogP) is 2.56. The topological polar surface area (TPSA) is 23.6 Å². The van der Waals surface area contributed by atoms with Gasteiger partial charge in [-0.25, -0.2) is 0 Å². The molecule has 1 heterocycles. The van der Waals surface area contributed by atoms with E-state index in [1.54, 1.807) is 0 Å². The Morgan fingerprint density at radius 2 is 1.77 bits per heavy atom. The van der Waals surface area contributed by atoms with Gasteiger partial charge in [-0.2, -0.15) is 0 Å². The monoisotopic (exact) mass is 298 g/mol. The van der Waals surface area contributed by atoms with E-state index in [0.29, 0.717) is 12.3 Å². The molecule has 2 aliphatic carbocycles. The summed E-state index contributed by atoms with van der Waals surface area (Å²) in [6.45, 7) is 3.99. The standard InChI is InChI=1S/C19H26N2O/c22-19(14-15-4-2-1-3-5-15)21-10-8-20(9-11-21)18-13-16-6-7-17(18)12-16/h1-5,16-18H,6-14H2/t16-,17-,18-/m1/s1. The first-order valence-electron chi connectivity index (χ1n) is 8.85. The summed E-state index contributed by atoms with van der Waals surface area (Å²) in [6.07, 6.45) is 6.36. The van der Waals surface area contributed by atoms with Crippen LogP contribution in [0.3, 0.4) is 0 Å². The molecule has 2 bridgehead atoms. The molecule has 1 aromatic rings. The second-order valence-corrected chi connectivity index (χ2v) is 7.32. The average Bonchev–Trinajstić information content (AvgIpc) is 3.19. The van der Waals surface area contributed by atoms with E-state index in [-0.39, 0.29) is 0 Å². The number of carbonyl (C=O) groups excluding carboxylic acids is 1. The van der Waals surface area contributed by atoms with Gasteiger partial charge in [-0.1, -0.05) is 36.8 Å². The molecule has 3 nitrogen and oxygen atoms in total. The highest BCUT2D eigenvalue weighted by Gasteiger charge is 2.42. The summed E-state index contributed by atoms with van der Waals surface area (Å²) < 4.78 is 0. The molecule has 0 N–H and O–H groups in total. The van der Waals surface area contributed by atoms with E-state index in [9.17, 15) is 4.79 Å². The Bertz CT molecular complexity index is 521. The molecule has 0 spiro atoms. The molecule has 1 amide bonds. The van der Waals surface area contributed by atoms with Gasteiger partial charge in [0.2, 0.25) is 5.91 Å². The largest absolute Gasteiger partial charge is 0.340 e. The first-order chi connectivity index (χ1) is 10.8. The van der Waals surface area contributed by atoms with Crippen molar-refractivity contribution in [2.75, 3.05) is 26.2 Å². The second kappa shape index (κ2) is 6.04. The van der Waals surface area contributed by atoms with Crippen LogP contribution in [0.1, 0.15) is 31.2 Å². The van der Waals surface area contributed by atoms with E-state index in [2.05, 4.69) is 9.80 Å². The van der Waals surface area contributed by atoms with Crippen LogP contribution in [-0.4, -0.2) is 47.9 Å². The molecule has 0 radical (unpaired) electrons. The van der Waals surface area contributed by atoms with Crippen LogP contribution in [0.25, 0.3) is 0 Å². The summed E-state index contributed by atoms with van der Waals surface area (Å²) in [5, 5.41) is 0. The van der Waals surface area contributed by atoms with Crippen LogP contribution in [0.4, 0.5) is 0 Å². The molecular weight excluding hydrogens is 272 g/mol. The molecule has 3 aliphatic rings. The molecule has 2 saturated carbocycles. The molecule has 4 rings (SSSR count). The third-order valence-corrected chi connectivity index (χ3v) is 6.03. The number of piperazine rings is 1. The number of hydrogen-bond acceptors (Lipinski definition) is 2. The predicted molar refractivity (Wildman–Crippen MR) is 87.5 cm³/mol. The fourth-order valence-electron chi connectivity index (χ4n) is 4.84. The van der Waals surface area contributed by atoms with Crippen molar-refractivity contribution in [3.05, 3.63) is 35.9 Å². The van der Waals surface area contributed by atoms with Gasteiger partial charge in [-0.15, -0.1) is 0 Å². The van der Waals surface area contributed by atoms with Crippen molar-refractivity contribution in [3.63, 3.8) is 0 Å². The van der Waals surface area contributed by atoms with Crippen LogP contribution >= 0.6 is 0 Å².